The van der Waals surface area contributed by atoms with Gasteiger partial charge in [0.15, 0.2) is 4.34 Å². The number of thioether (sulfide) groups is 1. The Morgan fingerprint density at radius 1 is 1.27 bits per heavy atom. The molecule has 0 saturated heterocycles. The van der Waals surface area contributed by atoms with Crippen LogP contribution in [0.1, 0.15) is 24.0 Å². The van der Waals surface area contributed by atoms with Crippen molar-refractivity contribution in [3.8, 4) is 0 Å². The van der Waals surface area contributed by atoms with Crippen molar-refractivity contribution >= 4 is 49.8 Å². The largest absolute Gasteiger partial charge is 0.301 e. The van der Waals surface area contributed by atoms with Gasteiger partial charge in [-0.05, 0) is 49.8 Å². The maximum absolute atomic E-state index is 12.1. The number of anilines is 2. The molecule has 0 bridgehead atoms. The molecule has 142 valence electrons. The summed E-state index contributed by atoms with van der Waals surface area (Å²) in [6.45, 7) is 4.16. The number of nitrogens with zero attached hydrogens (tertiary/aromatic N) is 3. The van der Waals surface area contributed by atoms with Gasteiger partial charge in [-0.15, -0.1) is 10.2 Å². The predicted octanol–water partition coefficient (Wildman–Crippen LogP) is 3.06. The van der Waals surface area contributed by atoms with Crippen LogP contribution in [0, 0.1) is 13.8 Å². The topological polar surface area (TPSA) is 92.3 Å². The Morgan fingerprint density at radius 3 is 2.58 bits per heavy atom. The number of carbonyl (C=O) groups is 1. The summed E-state index contributed by atoms with van der Waals surface area (Å²) in [4.78, 5) is 12.0. The van der Waals surface area contributed by atoms with Gasteiger partial charge in [-0.2, -0.15) is 0 Å². The minimum atomic E-state index is -3.43. The number of aryl methyl sites for hydroxylation is 2. The van der Waals surface area contributed by atoms with Gasteiger partial charge in [-0.25, -0.2) is 8.42 Å². The fourth-order valence-electron chi connectivity index (χ4n) is 2.27. The smallest absolute Gasteiger partial charge is 0.232 e. The summed E-state index contributed by atoms with van der Waals surface area (Å²) in [6.07, 6.45) is 3.66. The van der Waals surface area contributed by atoms with Crippen LogP contribution in [0.2, 0.25) is 0 Å². The van der Waals surface area contributed by atoms with E-state index in [2.05, 4.69) is 15.5 Å². The summed E-state index contributed by atoms with van der Waals surface area (Å²) in [7, 11) is -3.43. The Morgan fingerprint density at radius 2 is 2.00 bits per heavy atom. The molecule has 26 heavy (non-hydrogen) atoms. The first-order chi connectivity index (χ1) is 12.2. The molecule has 1 aromatic heterocycles. The predicted molar refractivity (Wildman–Crippen MR) is 108 cm³/mol. The van der Waals surface area contributed by atoms with Gasteiger partial charge in [0.05, 0.1) is 11.9 Å². The van der Waals surface area contributed by atoms with E-state index in [1.165, 1.54) is 33.7 Å². The average molecular weight is 415 g/mol. The zero-order valence-electron chi connectivity index (χ0n) is 15.1. The van der Waals surface area contributed by atoms with Crippen molar-refractivity contribution in [3.63, 3.8) is 0 Å². The number of amides is 1. The van der Waals surface area contributed by atoms with E-state index in [-0.39, 0.29) is 18.9 Å². The summed E-state index contributed by atoms with van der Waals surface area (Å²) in [5.74, 6) is -0.206. The minimum absolute atomic E-state index is 0.199. The molecule has 1 amide bonds. The van der Waals surface area contributed by atoms with E-state index in [0.717, 1.165) is 15.5 Å². The number of benzene rings is 1. The van der Waals surface area contributed by atoms with E-state index in [9.17, 15) is 13.2 Å². The second-order valence-corrected chi connectivity index (χ2v) is 9.77. The zero-order valence-corrected chi connectivity index (χ0v) is 17.6. The molecule has 0 saturated carbocycles. The molecule has 1 heterocycles. The van der Waals surface area contributed by atoms with Crippen LogP contribution in [0.25, 0.3) is 0 Å². The van der Waals surface area contributed by atoms with Crippen LogP contribution in [0.15, 0.2) is 22.5 Å². The lowest BCUT2D eigenvalue weighted by Crippen LogP contribution is -2.31. The van der Waals surface area contributed by atoms with Crippen LogP contribution in [0.4, 0.5) is 10.8 Å². The molecule has 0 aliphatic carbocycles. The molecule has 1 aromatic carbocycles. The highest BCUT2D eigenvalue weighted by Gasteiger charge is 2.18. The third kappa shape index (κ3) is 5.68. The fraction of sp³-hybridized carbons (Fsp3) is 0.438. The Hall–Kier alpha value is -1.65. The normalized spacial score (nSPS) is 11.4. The Bertz CT molecular complexity index is 881. The molecule has 0 aliphatic rings. The van der Waals surface area contributed by atoms with Crippen molar-refractivity contribution in [2.45, 2.75) is 31.0 Å². The van der Waals surface area contributed by atoms with Gasteiger partial charge in [0.1, 0.15) is 0 Å². The molecule has 0 atom stereocenters. The number of aromatic nitrogens is 2. The molecular weight excluding hydrogens is 392 g/mol. The van der Waals surface area contributed by atoms with E-state index in [1.807, 2.05) is 32.2 Å². The number of carbonyl (C=O) groups excluding carboxylic acids is 1. The summed E-state index contributed by atoms with van der Waals surface area (Å²) >= 11 is 2.77. The van der Waals surface area contributed by atoms with E-state index in [1.54, 1.807) is 6.07 Å². The fourth-order valence-corrected chi connectivity index (χ4v) is 4.42. The number of rotatable bonds is 8. The third-order valence-corrected chi connectivity index (χ3v) is 6.78. The van der Waals surface area contributed by atoms with Crippen molar-refractivity contribution in [2.75, 3.05) is 28.7 Å². The van der Waals surface area contributed by atoms with Crippen molar-refractivity contribution in [2.24, 2.45) is 0 Å². The molecule has 1 N–H and O–H groups in total. The second-order valence-electron chi connectivity index (χ2n) is 5.83. The first-order valence-corrected chi connectivity index (χ1v) is 11.8. The number of hydrogen-bond donors (Lipinski definition) is 1. The van der Waals surface area contributed by atoms with Crippen LogP contribution >= 0.6 is 23.1 Å². The Kier molecular flexibility index (Phi) is 7.01. The lowest BCUT2D eigenvalue weighted by molar-refractivity contribution is -0.116. The van der Waals surface area contributed by atoms with Crippen molar-refractivity contribution in [1.82, 2.24) is 10.2 Å². The van der Waals surface area contributed by atoms with E-state index in [4.69, 9.17) is 0 Å². The molecule has 7 nitrogen and oxygen atoms in total. The van der Waals surface area contributed by atoms with E-state index >= 15 is 0 Å². The average Bonchev–Trinajstić information content (AvgIpc) is 3.01. The van der Waals surface area contributed by atoms with Gasteiger partial charge in [-0.1, -0.05) is 29.2 Å². The van der Waals surface area contributed by atoms with Crippen LogP contribution < -0.4 is 9.62 Å². The van der Waals surface area contributed by atoms with Crippen molar-refractivity contribution in [1.29, 1.82) is 0 Å². The van der Waals surface area contributed by atoms with Gasteiger partial charge >= 0.3 is 0 Å². The van der Waals surface area contributed by atoms with E-state index < -0.39 is 10.0 Å². The standard InChI is InChI=1S/C16H22N4O3S3/c1-11-7-8-13(10-12(11)2)20(26(4,22)23)9-5-6-14(21)17-15-18-19-16(24-3)25-15/h7-8,10H,5-6,9H2,1-4H3,(H,17,18,21). The molecule has 0 fully saturated rings. The van der Waals surface area contributed by atoms with Crippen molar-refractivity contribution in [3.05, 3.63) is 29.3 Å². The molecule has 0 spiro atoms. The Labute approximate surface area is 162 Å². The summed E-state index contributed by atoms with van der Waals surface area (Å²) in [5.41, 5.74) is 2.74. The molecule has 0 radical (unpaired) electrons. The van der Waals surface area contributed by atoms with Crippen molar-refractivity contribution < 1.29 is 13.2 Å². The van der Waals surface area contributed by atoms with Gasteiger partial charge < -0.3 is 5.32 Å². The maximum atomic E-state index is 12.1. The highest BCUT2D eigenvalue weighted by molar-refractivity contribution is 8.00. The summed E-state index contributed by atoms with van der Waals surface area (Å²) < 4.78 is 26.4. The van der Waals surface area contributed by atoms with Gasteiger partial charge in [0.25, 0.3) is 0 Å². The summed E-state index contributed by atoms with van der Waals surface area (Å²) in [6, 6.07) is 5.53. The van der Waals surface area contributed by atoms with E-state index in [0.29, 0.717) is 17.2 Å². The molecule has 10 heteroatoms. The lowest BCUT2D eigenvalue weighted by atomic mass is 10.1. The molecular formula is C16H22N4O3S3. The first-order valence-electron chi connectivity index (χ1n) is 7.93. The zero-order chi connectivity index (χ0) is 19.3. The third-order valence-electron chi connectivity index (χ3n) is 3.77. The quantitative estimate of drug-likeness (QED) is 0.527. The summed E-state index contributed by atoms with van der Waals surface area (Å²) in [5, 5.41) is 10.9. The molecule has 2 rings (SSSR count). The van der Waals surface area contributed by atoms with Crippen LogP contribution in [0.5, 0.6) is 0 Å². The minimum Gasteiger partial charge on any atom is -0.301 e. The number of sulfonamides is 1. The van der Waals surface area contributed by atoms with Gasteiger partial charge in [0, 0.05) is 13.0 Å². The van der Waals surface area contributed by atoms with Gasteiger partial charge in [0.2, 0.25) is 21.1 Å². The first kappa shape index (κ1) is 20.7. The molecule has 0 unspecified atom stereocenters. The van der Waals surface area contributed by atoms with Crippen LogP contribution in [-0.2, 0) is 14.8 Å². The number of hydrogen-bond acceptors (Lipinski definition) is 7. The highest BCUT2D eigenvalue weighted by atomic mass is 32.2. The monoisotopic (exact) mass is 414 g/mol. The lowest BCUT2D eigenvalue weighted by Gasteiger charge is -2.23. The van der Waals surface area contributed by atoms with Crippen LogP contribution in [0.3, 0.4) is 0 Å². The SMILES string of the molecule is CSc1nnc(NC(=O)CCCN(c2ccc(C)c(C)c2)S(C)(=O)=O)s1. The highest BCUT2D eigenvalue weighted by Crippen LogP contribution is 2.24. The molecule has 2 aromatic rings. The molecule has 0 aliphatic heterocycles. The van der Waals surface area contributed by atoms with Crippen LogP contribution in [-0.4, -0.2) is 43.6 Å². The van der Waals surface area contributed by atoms with Gasteiger partial charge in [-0.3, -0.25) is 9.10 Å². The maximum Gasteiger partial charge on any atom is 0.232 e. The number of nitrogens with one attached hydrogen (secondary N) is 1. The Balaban J connectivity index is 1.97. The second kappa shape index (κ2) is 8.83.